The molecule has 0 bridgehead atoms. The maximum absolute atomic E-state index is 13.1. The third kappa shape index (κ3) is 2.94. The molecule has 0 aliphatic carbocycles. The number of H-pyrrole nitrogens is 1. The van der Waals surface area contributed by atoms with Crippen LogP contribution in [0.5, 0.6) is 0 Å². The second-order valence-electron chi connectivity index (χ2n) is 5.32. The van der Waals surface area contributed by atoms with E-state index in [1.165, 1.54) is 18.3 Å². The number of carbonyl (C=O) groups excluding carboxylic acids is 1. The van der Waals surface area contributed by atoms with Crippen LogP contribution in [-0.2, 0) is 0 Å². The molecule has 3 aromatic heterocycles. The number of hydrogen-bond acceptors (Lipinski definition) is 4. The summed E-state index contributed by atoms with van der Waals surface area (Å²) in [4.78, 5) is 28.3. The highest BCUT2D eigenvalue weighted by atomic mass is 19.1. The van der Waals surface area contributed by atoms with Crippen LogP contribution in [0.25, 0.3) is 22.6 Å². The summed E-state index contributed by atoms with van der Waals surface area (Å²) in [5, 5.41) is 2.73. The zero-order valence-electron chi connectivity index (χ0n) is 12.9. The summed E-state index contributed by atoms with van der Waals surface area (Å²) >= 11 is 0. The van der Waals surface area contributed by atoms with Crippen LogP contribution < -0.4 is 5.32 Å². The molecule has 0 unspecified atom stereocenters. The molecule has 0 fully saturated rings. The topological polar surface area (TPSA) is 83.6 Å². The SMILES string of the molecule is O=C(Nc1ccccn1)c1ccnc2[nH]c(-c3ccc(F)cc3)nc12. The van der Waals surface area contributed by atoms with Gasteiger partial charge in [0.15, 0.2) is 5.65 Å². The third-order valence-corrected chi connectivity index (χ3v) is 3.65. The fourth-order valence-electron chi connectivity index (χ4n) is 2.46. The molecule has 0 radical (unpaired) electrons. The highest BCUT2D eigenvalue weighted by Gasteiger charge is 2.16. The number of aromatic nitrogens is 4. The molecule has 0 aliphatic heterocycles. The van der Waals surface area contributed by atoms with Crippen molar-refractivity contribution in [2.45, 2.75) is 0 Å². The second-order valence-corrected chi connectivity index (χ2v) is 5.32. The number of carbonyl (C=O) groups is 1. The Bertz CT molecular complexity index is 1040. The van der Waals surface area contributed by atoms with Gasteiger partial charge in [0.2, 0.25) is 0 Å². The average molecular weight is 333 g/mol. The van der Waals surface area contributed by atoms with Crippen LogP contribution >= 0.6 is 0 Å². The minimum absolute atomic E-state index is 0.326. The molecular weight excluding hydrogens is 321 g/mol. The molecule has 0 saturated heterocycles. The van der Waals surface area contributed by atoms with Gasteiger partial charge < -0.3 is 10.3 Å². The quantitative estimate of drug-likeness (QED) is 0.602. The van der Waals surface area contributed by atoms with Gasteiger partial charge in [-0.15, -0.1) is 0 Å². The van der Waals surface area contributed by atoms with E-state index in [1.807, 2.05) is 0 Å². The number of nitrogens with one attached hydrogen (secondary N) is 2. The zero-order chi connectivity index (χ0) is 17.2. The van der Waals surface area contributed by atoms with E-state index in [0.717, 1.165) is 0 Å². The largest absolute Gasteiger partial charge is 0.323 e. The Morgan fingerprint density at radius 3 is 2.60 bits per heavy atom. The lowest BCUT2D eigenvalue weighted by atomic mass is 10.2. The van der Waals surface area contributed by atoms with Gasteiger partial charge in [-0.1, -0.05) is 6.07 Å². The molecule has 6 nitrogen and oxygen atoms in total. The Morgan fingerprint density at radius 1 is 1.00 bits per heavy atom. The Kier molecular flexibility index (Phi) is 3.66. The molecule has 1 aromatic carbocycles. The summed E-state index contributed by atoms with van der Waals surface area (Å²) < 4.78 is 13.1. The van der Waals surface area contributed by atoms with Crippen molar-refractivity contribution in [3.05, 3.63) is 72.3 Å². The molecule has 0 saturated carbocycles. The van der Waals surface area contributed by atoms with Gasteiger partial charge >= 0.3 is 0 Å². The van der Waals surface area contributed by atoms with Crippen LogP contribution in [0.1, 0.15) is 10.4 Å². The predicted octanol–water partition coefficient (Wildman–Crippen LogP) is 3.41. The summed E-state index contributed by atoms with van der Waals surface area (Å²) in [6.45, 7) is 0. The number of hydrogen-bond donors (Lipinski definition) is 2. The molecule has 1 amide bonds. The lowest BCUT2D eigenvalue weighted by molar-refractivity contribution is 0.102. The van der Waals surface area contributed by atoms with Gasteiger partial charge in [0.25, 0.3) is 5.91 Å². The Labute approximate surface area is 141 Å². The van der Waals surface area contributed by atoms with Crippen molar-refractivity contribution >= 4 is 22.9 Å². The van der Waals surface area contributed by atoms with E-state index in [9.17, 15) is 9.18 Å². The zero-order valence-corrected chi connectivity index (χ0v) is 12.9. The maximum Gasteiger partial charge on any atom is 0.259 e. The second kappa shape index (κ2) is 6.12. The van der Waals surface area contributed by atoms with Gasteiger partial charge in [-0.3, -0.25) is 4.79 Å². The number of anilines is 1. The lowest BCUT2D eigenvalue weighted by Gasteiger charge is -2.04. The van der Waals surface area contributed by atoms with Crippen molar-refractivity contribution in [2.75, 3.05) is 5.32 Å². The monoisotopic (exact) mass is 333 g/mol. The van der Waals surface area contributed by atoms with Crippen molar-refractivity contribution in [1.29, 1.82) is 0 Å². The van der Waals surface area contributed by atoms with Crippen molar-refractivity contribution in [2.24, 2.45) is 0 Å². The van der Waals surface area contributed by atoms with E-state index < -0.39 is 0 Å². The fraction of sp³-hybridized carbons (Fsp3) is 0. The fourth-order valence-corrected chi connectivity index (χ4v) is 2.46. The summed E-state index contributed by atoms with van der Waals surface area (Å²) in [6, 6.07) is 12.8. The molecule has 2 N–H and O–H groups in total. The average Bonchev–Trinajstić information content (AvgIpc) is 3.07. The number of nitrogens with zero attached hydrogens (tertiary/aromatic N) is 3. The number of rotatable bonds is 3. The first-order chi connectivity index (χ1) is 12.2. The molecule has 0 spiro atoms. The normalized spacial score (nSPS) is 10.8. The van der Waals surface area contributed by atoms with Gasteiger partial charge in [-0.05, 0) is 42.5 Å². The Balaban J connectivity index is 1.72. The van der Waals surface area contributed by atoms with E-state index in [-0.39, 0.29) is 11.7 Å². The molecule has 4 rings (SSSR count). The summed E-state index contributed by atoms with van der Waals surface area (Å²) in [7, 11) is 0. The van der Waals surface area contributed by atoms with E-state index in [4.69, 9.17) is 0 Å². The first kappa shape index (κ1) is 14.9. The molecule has 7 heteroatoms. The van der Waals surface area contributed by atoms with Gasteiger partial charge in [-0.25, -0.2) is 19.3 Å². The lowest BCUT2D eigenvalue weighted by Crippen LogP contribution is -2.13. The number of halogens is 1. The predicted molar refractivity (Wildman–Crippen MR) is 91.5 cm³/mol. The molecule has 0 atom stereocenters. The number of amides is 1. The van der Waals surface area contributed by atoms with Gasteiger partial charge in [0.1, 0.15) is 23.0 Å². The van der Waals surface area contributed by atoms with Crippen LogP contribution in [0, 0.1) is 5.82 Å². The van der Waals surface area contributed by atoms with E-state index in [0.29, 0.717) is 33.9 Å². The summed E-state index contributed by atoms with van der Waals surface area (Å²) in [6.07, 6.45) is 3.13. The molecule has 4 aromatic rings. The van der Waals surface area contributed by atoms with E-state index >= 15 is 0 Å². The van der Waals surface area contributed by atoms with Crippen molar-refractivity contribution in [3.63, 3.8) is 0 Å². The van der Waals surface area contributed by atoms with E-state index in [2.05, 4.69) is 25.3 Å². The third-order valence-electron chi connectivity index (χ3n) is 3.65. The Morgan fingerprint density at radius 2 is 1.84 bits per heavy atom. The van der Waals surface area contributed by atoms with Gasteiger partial charge in [0.05, 0.1) is 5.56 Å². The summed E-state index contributed by atoms with van der Waals surface area (Å²) in [5.74, 6) is 0.309. The van der Waals surface area contributed by atoms with Gasteiger partial charge in [-0.2, -0.15) is 0 Å². The molecule has 0 aliphatic rings. The molecular formula is C18H12FN5O. The first-order valence-electron chi connectivity index (χ1n) is 7.54. The van der Waals surface area contributed by atoms with Crippen LogP contribution in [0.3, 0.4) is 0 Å². The minimum atomic E-state index is -0.330. The standard InChI is InChI=1S/C18H12FN5O/c19-12-6-4-11(5-7-12)16-23-15-13(8-10-21-17(15)24-16)18(25)22-14-3-1-2-9-20-14/h1-10H,(H,20,22,25)(H,21,23,24). The number of aromatic amines is 1. The number of imidazole rings is 1. The first-order valence-corrected chi connectivity index (χ1v) is 7.54. The van der Waals surface area contributed by atoms with Crippen molar-refractivity contribution in [1.82, 2.24) is 19.9 Å². The van der Waals surface area contributed by atoms with Crippen molar-refractivity contribution < 1.29 is 9.18 Å². The van der Waals surface area contributed by atoms with Crippen LogP contribution in [0.15, 0.2) is 60.9 Å². The smallest absolute Gasteiger partial charge is 0.259 e. The van der Waals surface area contributed by atoms with Crippen LogP contribution in [0.2, 0.25) is 0 Å². The summed E-state index contributed by atoms with van der Waals surface area (Å²) in [5.41, 5.74) is 2.00. The highest BCUT2D eigenvalue weighted by molar-refractivity contribution is 6.10. The van der Waals surface area contributed by atoms with E-state index in [1.54, 1.807) is 42.6 Å². The minimum Gasteiger partial charge on any atom is -0.323 e. The maximum atomic E-state index is 13.1. The Hall–Kier alpha value is -3.61. The molecule has 25 heavy (non-hydrogen) atoms. The number of pyridine rings is 2. The molecule has 122 valence electrons. The van der Waals surface area contributed by atoms with Crippen LogP contribution in [0.4, 0.5) is 10.2 Å². The number of fused-ring (bicyclic) bond motifs is 1. The van der Waals surface area contributed by atoms with Crippen molar-refractivity contribution in [3.8, 4) is 11.4 Å². The van der Waals surface area contributed by atoms with Gasteiger partial charge in [0, 0.05) is 18.0 Å². The number of benzene rings is 1. The van der Waals surface area contributed by atoms with Crippen LogP contribution in [-0.4, -0.2) is 25.8 Å². The molecule has 3 heterocycles. The highest BCUT2D eigenvalue weighted by Crippen LogP contribution is 2.22.